The highest BCUT2D eigenvalue weighted by atomic mass is 16.1. The molecule has 1 aromatic heterocycles. The van der Waals surface area contributed by atoms with Crippen LogP contribution in [0.5, 0.6) is 0 Å². The van der Waals surface area contributed by atoms with Crippen molar-refractivity contribution in [3.63, 3.8) is 0 Å². The summed E-state index contributed by atoms with van der Waals surface area (Å²) in [7, 11) is 0. The van der Waals surface area contributed by atoms with E-state index in [9.17, 15) is 4.79 Å². The lowest BCUT2D eigenvalue weighted by atomic mass is 10.0. The summed E-state index contributed by atoms with van der Waals surface area (Å²) in [5.74, 6) is -0.0303. The summed E-state index contributed by atoms with van der Waals surface area (Å²) >= 11 is 0. The van der Waals surface area contributed by atoms with E-state index in [0.717, 1.165) is 38.3 Å². The fourth-order valence-corrected chi connectivity index (χ4v) is 4.52. The SMILES string of the molecule is O=C(NC(CN1CCN(c2cccc3[nH]ccc23)CC1)c1ccccc1)c1ccccc1. The smallest absolute Gasteiger partial charge is 0.251 e. The van der Waals surface area contributed by atoms with Gasteiger partial charge in [-0.25, -0.2) is 0 Å². The number of H-pyrrole nitrogens is 1. The second kappa shape index (κ2) is 9.28. The van der Waals surface area contributed by atoms with Crippen molar-refractivity contribution in [3.8, 4) is 0 Å². The second-order valence-corrected chi connectivity index (χ2v) is 8.31. The predicted molar refractivity (Wildman–Crippen MR) is 130 cm³/mol. The number of nitrogens with one attached hydrogen (secondary N) is 2. The van der Waals surface area contributed by atoms with E-state index in [0.29, 0.717) is 5.56 Å². The van der Waals surface area contributed by atoms with Gasteiger partial charge < -0.3 is 15.2 Å². The van der Waals surface area contributed by atoms with Gasteiger partial charge in [0.15, 0.2) is 0 Å². The highest BCUT2D eigenvalue weighted by Gasteiger charge is 2.23. The van der Waals surface area contributed by atoms with Gasteiger partial charge in [-0.3, -0.25) is 9.69 Å². The minimum atomic E-state index is -0.0523. The number of carbonyl (C=O) groups is 1. The van der Waals surface area contributed by atoms with E-state index in [-0.39, 0.29) is 11.9 Å². The van der Waals surface area contributed by atoms with Crippen LogP contribution in [0.4, 0.5) is 5.69 Å². The lowest BCUT2D eigenvalue weighted by Gasteiger charge is -2.38. The zero-order valence-corrected chi connectivity index (χ0v) is 18.1. The van der Waals surface area contributed by atoms with Gasteiger partial charge in [-0.05, 0) is 35.9 Å². The minimum absolute atomic E-state index is 0.0303. The monoisotopic (exact) mass is 424 g/mol. The van der Waals surface area contributed by atoms with E-state index in [2.05, 4.69) is 56.5 Å². The molecule has 0 aliphatic carbocycles. The van der Waals surface area contributed by atoms with Crippen LogP contribution in [0.2, 0.25) is 0 Å². The highest BCUT2D eigenvalue weighted by Crippen LogP contribution is 2.27. The number of benzene rings is 3. The van der Waals surface area contributed by atoms with Gasteiger partial charge in [0.05, 0.1) is 6.04 Å². The molecule has 5 heteroatoms. The molecule has 1 atom stereocenters. The molecule has 2 N–H and O–H groups in total. The molecular formula is C27H28N4O. The van der Waals surface area contributed by atoms with Crippen molar-refractivity contribution in [2.45, 2.75) is 6.04 Å². The maximum Gasteiger partial charge on any atom is 0.251 e. The third-order valence-corrected chi connectivity index (χ3v) is 6.27. The quantitative estimate of drug-likeness (QED) is 0.480. The summed E-state index contributed by atoms with van der Waals surface area (Å²) in [5, 5.41) is 4.54. The zero-order valence-electron chi connectivity index (χ0n) is 18.1. The van der Waals surface area contributed by atoms with Crippen molar-refractivity contribution >= 4 is 22.5 Å². The summed E-state index contributed by atoms with van der Waals surface area (Å²) in [6.07, 6.45) is 2.00. The molecule has 0 radical (unpaired) electrons. The van der Waals surface area contributed by atoms with Crippen molar-refractivity contribution < 1.29 is 4.79 Å². The maximum atomic E-state index is 12.9. The molecule has 1 fully saturated rings. The van der Waals surface area contributed by atoms with Crippen molar-refractivity contribution in [1.29, 1.82) is 0 Å². The van der Waals surface area contributed by atoms with Gasteiger partial charge >= 0.3 is 0 Å². The van der Waals surface area contributed by atoms with Crippen LogP contribution in [0.25, 0.3) is 10.9 Å². The summed E-state index contributed by atoms with van der Waals surface area (Å²) in [4.78, 5) is 21.1. The van der Waals surface area contributed by atoms with Crippen molar-refractivity contribution in [2.24, 2.45) is 0 Å². The number of hydrogen-bond donors (Lipinski definition) is 2. The third kappa shape index (κ3) is 4.39. The Kier molecular flexibility index (Phi) is 5.90. The van der Waals surface area contributed by atoms with Crippen LogP contribution in [-0.4, -0.2) is 48.5 Å². The number of amides is 1. The Balaban J connectivity index is 1.27. The van der Waals surface area contributed by atoms with Gasteiger partial charge in [0.25, 0.3) is 5.91 Å². The Hall–Kier alpha value is -3.57. The van der Waals surface area contributed by atoms with E-state index in [1.807, 2.05) is 54.7 Å². The molecule has 162 valence electrons. The number of anilines is 1. The molecule has 1 aliphatic heterocycles. The van der Waals surface area contributed by atoms with Crippen molar-refractivity contribution in [3.05, 3.63) is 102 Å². The highest BCUT2D eigenvalue weighted by molar-refractivity contribution is 5.94. The first-order chi connectivity index (χ1) is 15.8. The Morgan fingerprint density at radius 1 is 0.844 bits per heavy atom. The standard InChI is InChI=1S/C27H28N4O/c32-27(22-10-5-2-6-11-22)29-25(21-8-3-1-4-9-21)20-30-16-18-31(19-17-30)26-13-7-12-24-23(26)14-15-28-24/h1-15,25,28H,16-20H2,(H,29,32). The normalized spacial score (nSPS) is 15.6. The van der Waals surface area contributed by atoms with E-state index in [4.69, 9.17) is 0 Å². The lowest BCUT2D eigenvalue weighted by molar-refractivity contribution is 0.0923. The van der Waals surface area contributed by atoms with E-state index in [1.54, 1.807) is 0 Å². The topological polar surface area (TPSA) is 51.4 Å². The maximum absolute atomic E-state index is 12.9. The fourth-order valence-electron chi connectivity index (χ4n) is 4.52. The molecule has 5 nitrogen and oxygen atoms in total. The number of piperazine rings is 1. The van der Waals surface area contributed by atoms with Crippen LogP contribution in [0.15, 0.2) is 91.1 Å². The Bertz CT molecular complexity index is 1160. The molecule has 1 saturated heterocycles. The van der Waals surface area contributed by atoms with Crippen LogP contribution in [0, 0.1) is 0 Å². The number of fused-ring (bicyclic) bond motifs is 1. The molecule has 2 heterocycles. The van der Waals surface area contributed by atoms with Crippen molar-refractivity contribution in [1.82, 2.24) is 15.2 Å². The van der Waals surface area contributed by atoms with Crippen LogP contribution >= 0.6 is 0 Å². The molecule has 32 heavy (non-hydrogen) atoms. The van der Waals surface area contributed by atoms with E-state index >= 15 is 0 Å². The lowest BCUT2D eigenvalue weighted by Crippen LogP contribution is -2.49. The van der Waals surface area contributed by atoms with E-state index < -0.39 is 0 Å². The number of aromatic amines is 1. The summed E-state index contributed by atoms with van der Waals surface area (Å²) < 4.78 is 0. The third-order valence-electron chi connectivity index (χ3n) is 6.27. The first kappa shape index (κ1) is 20.3. The Morgan fingerprint density at radius 2 is 1.56 bits per heavy atom. The first-order valence-electron chi connectivity index (χ1n) is 11.2. The van der Waals surface area contributed by atoms with Gasteiger partial charge in [-0.2, -0.15) is 0 Å². The molecule has 0 spiro atoms. The van der Waals surface area contributed by atoms with Crippen molar-refractivity contribution in [2.75, 3.05) is 37.6 Å². The molecular weight excluding hydrogens is 396 g/mol. The van der Waals surface area contributed by atoms with Gasteiger partial charge in [-0.15, -0.1) is 0 Å². The minimum Gasteiger partial charge on any atom is -0.368 e. The zero-order chi connectivity index (χ0) is 21.8. The van der Waals surface area contributed by atoms with E-state index in [1.165, 1.54) is 16.6 Å². The summed E-state index contributed by atoms with van der Waals surface area (Å²) in [5.41, 5.74) is 4.30. The molecule has 0 bridgehead atoms. The van der Waals surface area contributed by atoms with Crippen LogP contribution < -0.4 is 10.2 Å². The van der Waals surface area contributed by atoms with Gasteiger partial charge in [0, 0.05) is 61.1 Å². The Labute approximate surface area is 188 Å². The molecule has 0 saturated carbocycles. The molecule has 5 rings (SSSR count). The summed E-state index contributed by atoms with van der Waals surface area (Å²) in [6, 6.07) is 28.3. The van der Waals surface area contributed by atoms with Gasteiger partial charge in [-0.1, -0.05) is 54.6 Å². The average molecular weight is 425 g/mol. The number of nitrogens with zero attached hydrogens (tertiary/aromatic N) is 2. The molecule has 1 unspecified atom stereocenters. The molecule has 1 amide bonds. The molecule has 1 aliphatic rings. The number of aromatic nitrogens is 1. The first-order valence-corrected chi connectivity index (χ1v) is 11.2. The number of rotatable bonds is 6. The van der Waals surface area contributed by atoms with Gasteiger partial charge in [0.1, 0.15) is 0 Å². The number of carbonyl (C=O) groups excluding carboxylic acids is 1. The number of hydrogen-bond acceptors (Lipinski definition) is 3. The van der Waals surface area contributed by atoms with Crippen LogP contribution in [0.1, 0.15) is 22.0 Å². The second-order valence-electron chi connectivity index (χ2n) is 8.31. The molecule has 3 aromatic carbocycles. The van der Waals surface area contributed by atoms with Crippen LogP contribution in [-0.2, 0) is 0 Å². The Morgan fingerprint density at radius 3 is 2.31 bits per heavy atom. The van der Waals surface area contributed by atoms with Gasteiger partial charge in [0.2, 0.25) is 0 Å². The summed E-state index contributed by atoms with van der Waals surface area (Å²) in [6.45, 7) is 4.67. The average Bonchev–Trinajstić information content (AvgIpc) is 3.34. The fraction of sp³-hybridized carbons (Fsp3) is 0.222. The predicted octanol–water partition coefficient (Wildman–Crippen LogP) is 4.46. The molecule has 4 aromatic rings. The van der Waals surface area contributed by atoms with Crippen LogP contribution in [0.3, 0.4) is 0 Å². The largest absolute Gasteiger partial charge is 0.368 e.